The SMILES string of the molecule is Cc1ccc(C(=O)C2C(c3ccco3)CN(C)C23C(=O)N(Cc2ccccc2C)c2ccccc23)c(C)c1. The lowest BCUT2D eigenvalue weighted by molar-refractivity contribution is -0.129. The van der Waals surface area contributed by atoms with Gasteiger partial charge in [0.2, 0.25) is 0 Å². The number of anilines is 1. The number of aryl methyl sites for hydroxylation is 3. The molecular weight excluding hydrogens is 472 g/mol. The smallest absolute Gasteiger partial charge is 0.253 e. The molecule has 6 rings (SSSR count). The fraction of sp³-hybridized carbons (Fsp3) is 0.273. The number of Topliss-reactive ketones (excluding diaryl/α,β-unsaturated/α-hetero) is 1. The normalized spacial score (nSPS) is 22.8. The summed E-state index contributed by atoms with van der Waals surface area (Å²) in [5, 5.41) is 0. The number of likely N-dealkylation sites (N-methyl/N-ethyl adjacent to an activating group) is 1. The van der Waals surface area contributed by atoms with E-state index in [0.717, 1.165) is 39.3 Å². The van der Waals surface area contributed by atoms with Crippen LogP contribution in [0.3, 0.4) is 0 Å². The number of likely N-dealkylation sites (tertiary alicyclic amines) is 1. The van der Waals surface area contributed by atoms with E-state index in [1.165, 1.54) is 0 Å². The topological polar surface area (TPSA) is 53.8 Å². The van der Waals surface area contributed by atoms with Gasteiger partial charge < -0.3 is 9.32 Å². The summed E-state index contributed by atoms with van der Waals surface area (Å²) in [7, 11) is 1.97. The minimum absolute atomic E-state index is 0.0193. The Kier molecular flexibility index (Phi) is 5.84. The summed E-state index contributed by atoms with van der Waals surface area (Å²) in [6.45, 7) is 7.06. The molecule has 3 heterocycles. The first kappa shape index (κ1) is 24.4. The predicted molar refractivity (Wildman–Crippen MR) is 148 cm³/mol. The third-order valence-electron chi connectivity index (χ3n) is 8.53. The molecule has 1 saturated heterocycles. The number of hydrogen-bond donors (Lipinski definition) is 0. The van der Waals surface area contributed by atoms with Crippen molar-refractivity contribution in [2.45, 2.75) is 38.8 Å². The maximum absolute atomic E-state index is 14.8. The Morgan fingerprint density at radius 2 is 1.71 bits per heavy atom. The van der Waals surface area contributed by atoms with Gasteiger partial charge >= 0.3 is 0 Å². The van der Waals surface area contributed by atoms with Gasteiger partial charge in [-0.15, -0.1) is 0 Å². The molecule has 2 aliphatic heterocycles. The van der Waals surface area contributed by atoms with E-state index in [9.17, 15) is 9.59 Å². The number of carbonyl (C=O) groups excluding carboxylic acids is 2. The highest BCUT2D eigenvalue weighted by molar-refractivity contribution is 6.13. The molecule has 1 amide bonds. The molecule has 1 aromatic heterocycles. The monoisotopic (exact) mass is 504 g/mol. The summed E-state index contributed by atoms with van der Waals surface area (Å²) in [5.74, 6) is -0.246. The van der Waals surface area contributed by atoms with E-state index in [1.807, 2.05) is 92.5 Å². The zero-order valence-electron chi connectivity index (χ0n) is 22.3. The van der Waals surface area contributed by atoms with Crippen LogP contribution < -0.4 is 4.90 Å². The molecule has 2 aliphatic rings. The summed E-state index contributed by atoms with van der Waals surface area (Å²) < 4.78 is 5.89. The summed E-state index contributed by atoms with van der Waals surface area (Å²) in [6, 6.07) is 25.8. The van der Waals surface area contributed by atoms with Crippen LogP contribution in [0.25, 0.3) is 0 Å². The lowest BCUT2D eigenvalue weighted by atomic mass is 9.71. The number of ketones is 1. The molecule has 4 aromatic rings. The zero-order chi connectivity index (χ0) is 26.6. The van der Waals surface area contributed by atoms with Gasteiger partial charge in [0.05, 0.1) is 18.7 Å². The predicted octanol–water partition coefficient (Wildman–Crippen LogP) is 6.18. The second-order valence-corrected chi connectivity index (χ2v) is 10.8. The first-order valence-electron chi connectivity index (χ1n) is 13.2. The van der Waals surface area contributed by atoms with E-state index in [0.29, 0.717) is 18.7 Å². The van der Waals surface area contributed by atoms with Crippen molar-refractivity contribution in [2.24, 2.45) is 5.92 Å². The van der Waals surface area contributed by atoms with Crippen LogP contribution in [0.4, 0.5) is 5.69 Å². The van der Waals surface area contributed by atoms with Crippen LogP contribution in [-0.2, 0) is 16.9 Å². The van der Waals surface area contributed by atoms with Crippen LogP contribution >= 0.6 is 0 Å². The molecule has 5 nitrogen and oxygen atoms in total. The van der Waals surface area contributed by atoms with Gasteiger partial charge in [-0.1, -0.05) is 66.2 Å². The molecule has 3 atom stereocenters. The van der Waals surface area contributed by atoms with Crippen molar-refractivity contribution in [3.05, 3.63) is 124 Å². The standard InChI is InChI=1S/C33H32N2O3/c1-21-15-16-25(23(3)18-21)31(36)30-26(29-14-9-17-38-29)20-34(4)33(30)27-12-7-8-13-28(27)35(32(33)37)19-24-11-6-5-10-22(24)2/h5-18,26,30H,19-20H2,1-4H3. The highest BCUT2D eigenvalue weighted by Gasteiger charge is 2.66. The number of carbonyl (C=O) groups is 2. The van der Waals surface area contributed by atoms with Gasteiger partial charge in [0.15, 0.2) is 5.78 Å². The average molecular weight is 505 g/mol. The van der Waals surface area contributed by atoms with Gasteiger partial charge in [-0.3, -0.25) is 14.5 Å². The number of benzene rings is 3. The van der Waals surface area contributed by atoms with Crippen molar-refractivity contribution in [3.8, 4) is 0 Å². The van der Waals surface area contributed by atoms with Crippen molar-refractivity contribution in [1.82, 2.24) is 4.90 Å². The molecule has 0 aliphatic carbocycles. The molecule has 0 saturated carbocycles. The van der Waals surface area contributed by atoms with Crippen LogP contribution in [0.15, 0.2) is 89.5 Å². The highest BCUT2D eigenvalue weighted by Crippen LogP contribution is 2.57. The van der Waals surface area contributed by atoms with Gasteiger partial charge in [0, 0.05) is 29.3 Å². The van der Waals surface area contributed by atoms with Crippen LogP contribution in [-0.4, -0.2) is 30.2 Å². The number of rotatable bonds is 5. The zero-order valence-corrected chi connectivity index (χ0v) is 22.3. The molecule has 1 spiro atoms. The third kappa shape index (κ3) is 3.49. The summed E-state index contributed by atoms with van der Waals surface area (Å²) >= 11 is 0. The molecule has 0 N–H and O–H groups in total. The number of nitrogens with zero attached hydrogens (tertiary/aromatic N) is 2. The fourth-order valence-corrected chi connectivity index (χ4v) is 6.71. The van der Waals surface area contributed by atoms with Crippen LogP contribution in [0.5, 0.6) is 0 Å². The largest absolute Gasteiger partial charge is 0.469 e. The van der Waals surface area contributed by atoms with E-state index in [1.54, 1.807) is 6.26 Å². The lowest BCUT2D eigenvalue weighted by Crippen LogP contribution is -2.53. The van der Waals surface area contributed by atoms with Gasteiger partial charge in [0.25, 0.3) is 5.91 Å². The Hall–Kier alpha value is -3.96. The number of fused-ring (bicyclic) bond motifs is 2. The lowest BCUT2D eigenvalue weighted by Gasteiger charge is -2.36. The third-order valence-corrected chi connectivity index (χ3v) is 8.53. The molecule has 0 radical (unpaired) electrons. The second-order valence-electron chi connectivity index (χ2n) is 10.8. The van der Waals surface area contributed by atoms with Crippen molar-refractivity contribution < 1.29 is 14.0 Å². The second kappa shape index (κ2) is 9.10. The molecule has 1 fully saturated rings. The summed E-state index contributed by atoms with van der Waals surface area (Å²) in [5.41, 5.74) is 5.53. The van der Waals surface area contributed by atoms with Crippen LogP contribution in [0.1, 0.15) is 49.9 Å². The maximum atomic E-state index is 14.8. The highest BCUT2D eigenvalue weighted by atomic mass is 16.3. The van der Waals surface area contributed by atoms with Gasteiger partial charge in [-0.25, -0.2) is 0 Å². The van der Waals surface area contributed by atoms with Gasteiger partial charge in [-0.2, -0.15) is 0 Å². The van der Waals surface area contributed by atoms with Crippen molar-refractivity contribution >= 4 is 17.4 Å². The molecule has 3 unspecified atom stereocenters. The molecule has 38 heavy (non-hydrogen) atoms. The number of para-hydroxylation sites is 1. The van der Waals surface area contributed by atoms with Crippen LogP contribution in [0, 0.1) is 26.7 Å². The number of amides is 1. The van der Waals surface area contributed by atoms with Crippen molar-refractivity contribution in [2.75, 3.05) is 18.5 Å². The maximum Gasteiger partial charge on any atom is 0.253 e. The first-order valence-corrected chi connectivity index (χ1v) is 13.2. The summed E-state index contributed by atoms with van der Waals surface area (Å²) in [6.07, 6.45) is 1.65. The fourth-order valence-electron chi connectivity index (χ4n) is 6.71. The number of hydrogen-bond acceptors (Lipinski definition) is 4. The molecule has 5 heteroatoms. The molecule has 3 aromatic carbocycles. The average Bonchev–Trinajstić information content (AvgIpc) is 3.59. The van der Waals surface area contributed by atoms with Gasteiger partial charge in [0.1, 0.15) is 11.3 Å². The minimum Gasteiger partial charge on any atom is -0.469 e. The first-order chi connectivity index (χ1) is 18.3. The Morgan fingerprint density at radius 1 is 0.947 bits per heavy atom. The van der Waals surface area contributed by atoms with E-state index in [2.05, 4.69) is 24.0 Å². The van der Waals surface area contributed by atoms with Crippen LogP contribution in [0.2, 0.25) is 0 Å². The molecule has 0 bridgehead atoms. The van der Waals surface area contributed by atoms with E-state index in [4.69, 9.17) is 4.42 Å². The Morgan fingerprint density at radius 3 is 2.45 bits per heavy atom. The Balaban J connectivity index is 1.55. The molecule has 192 valence electrons. The van der Waals surface area contributed by atoms with Gasteiger partial charge in [-0.05, 0) is 62.7 Å². The number of furan rings is 1. The van der Waals surface area contributed by atoms with Crippen molar-refractivity contribution in [3.63, 3.8) is 0 Å². The summed E-state index contributed by atoms with van der Waals surface area (Å²) in [4.78, 5) is 33.4. The quantitative estimate of drug-likeness (QED) is 0.305. The van der Waals surface area contributed by atoms with Crippen molar-refractivity contribution in [1.29, 1.82) is 0 Å². The van der Waals surface area contributed by atoms with E-state index < -0.39 is 11.5 Å². The molecular formula is C33H32N2O3. The van der Waals surface area contributed by atoms with E-state index >= 15 is 0 Å². The Bertz CT molecular complexity index is 1540. The van der Waals surface area contributed by atoms with E-state index in [-0.39, 0.29) is 17.6 Å². The Labute approximate surface area is 223 Å². The minimum atomic E-state index is -1.13.